The van der Waals surface area contributed by atoms with Crippen molar-refractivity contribution in [2.45, 2.75) is 42.2 Å². The summed E-state index contributed by atoms with van der Waals surface area (Å²) in [4.78, 5) is 5.68. The van der Waals surface area contributed by atoms with Crippen LogP contribution in [0.2, 0.25) is 0 Å². The molecule has 0 bridgehead atoms. The lowest BCUT2D eigenvalue weighted by Crippen LogP contribution is -2.33. The second kappa shape index (κ2) is 5.03. The lowest BCUT2D eigenvalue weighted by Gasteiger charge is -2.23. The zero-order valence-electron chi connectivity index (χ0n) is 11.6. The molecule has 0 amide bonds. The van der Waals surface area contributed by atoms with E-state index in [9.17, 15) is 0 Å². The third-order valence-electron chi connectivity index (χ3n) is 4.16. The van der Waals surface area contributed by atoms with Crippen molar-refractivity contribution in [3.63, 3.8) is 0 Å². The molecular weight excluding hydrogens is 286 g/mol. The number of ether oxygens (including phenoxy) is 1. The standard InChI is InChI=1S/C15H17N3O2S/c16-15(7-3-4-8-15)14-17-13(18-20-14)11-9-21-12-6-2-1-5-10(12)19-11/h1-2,5-6,11H,3-4,7-9,16H2. The molecule has 110 valence electrons. The van der Waals surface area contributed by atoms with Crippen molar-refractivity contribution in [3.05, 3.63) is 36.0 Å². The van der Waals surface area contributed by atoms with Gasteiger partial charge in [-0.05, 0) is 25.0 Å². The first-order valence-corrected chi connectivity index (χ1v) is 8.25. The first-order chi connectivity index (χ1) is 10.2. The molecule has 1 unspecified atom stereocenters. The molecule has 2 N–H and O–H groups in total. The minimum Gasteiger partial charge on any atom is -0.480 e. The van der Waals surface area contributed by atoms with E-state index in [1.54, 1.807) is 11.8 Å². The number of aromatic nitrogens is 2. The SMILES string of the molecule is NC1(c2nc(C3CSc4ccccc4O3)no2)CCCC1. The summed E-state index contributed by atoms with van der Waals surface area (Å²) in [7, 11) is 0. The zero-order chi connectivity index (χ0) is 14.3. The van der Waals surface area contributed by atoms with Gasteiger partial charge in [-0.2, -0.15) is 4.98 Å². The molecule has 21 heavy (non-hydrogen) atoms. The summed E-state index contributed by atoms with van der Waals surface area (Å²) >= 11 is 1.75. The monoisotopic (exact) mass is 303 g/mol. The van der Waals surface area contributed by atoms with Crippen LogP contribution >= 0.6 is 11.8 Å². The van der Waals surface area contributed by atoms with E-state index in [1.807, 2.05) is 18.2 Å². The quantitative estimate of drug-likeness (QED) is 0.919. The summed E-state index contributed by atoms with van der Waals surface area (Å²) in [6.07, 6.45) is 3.90. The highest BCUT2D eigenvalue weighted by molar-refractivity contribution is 7.99. The number of para-hydroxylation sites is 1. The van der Waals surface area contributed by atoms with Crippen molar-refractivity contribution in [1.29, 1.82) is 0 Å². The van der Waals surface area contributed by atoms with Gasteiger partial charge < -0.3 is 15.0 Å². The van der Waals surface area contributed by atoms with Crippen molar-refractivity contribution in [1.82, 2.24) is 10.1 Å². The van der Waals surface area contributed by atoms with Gasteiger partial charge in [-0.1, -0.05) is 30.1 Å². The summed E-state index contributed by atoms with van der Waals surface area (Å²) in [6, 6.07) is 8.01. The van der Waals surface area contributed by atoms with Crippen LogP contribution in [0.5, 0.6) is 5.75 Å². The molecule has 1 saturated carbocycles. The first kappa shape index (κ1) is 13.2. The molecule has 1 aliphatic heterocycles. The van der Waals surface area contributed by atoms with Crippen molar-refractivity contribution >= 4 is 11.8 Å². The Balaban J connectivity index is 1.57. The highest BCUT2D eigenvalue weighted by Gasteiger charge is 2.38. The molecule has 0 spiro atoms. The van der Waals surface area contributed by atoms with Crippen molar-refractivity contribution < 1.29 is 9.26 Å². The number of fused-ring (bicyclic) bond motifs is 1. The van der Waals surface area contributed by atoms with E-state index in [0.717, 1.165) is 42.1 Å². The van der Waals surface area contributed by atoms with Gasteiger partial charge in [0.15, 0.2) is 6.10 Å². The van der Waals surface area contributed by atoms with Crippen LogP contribution in [0.4, 0.5) is 0 Å². The number of nitrogens with zero attached hydrogens (tertiary/aromatic N) is 2. The highest BCUT2D eigenvalue weighted by Crippen LogP contribution is 2.40. The number of thioether (sulfide) groups is 1. The van der Waals surface area contributed by atoms with Crippen LogP contribution in [0.15, 0.2) is 33.7 Å². The van der Waals surface area contributed by atoms with Crippen LogP contribution < -0.4 is 10.5 Å². The van der Waals surface area contributed by atoms with Crippen LogP contribution in [0.1, 0.15) is 43.5 Å². The number of rotatable bonds is 2. The lowest BCUT2D eigenvalue weighted by atomic mass is 9.99. The van der Waals surface area contributed by atoms with E-state index < -0.39 is 5.54 Å². The van der Waals surface area contributed by atoms with Gasteiger partial charge >= 0.3 is 0 Å². The molecule has 1 aliphatic carbocycles. The molecule has 0 saturated heterocycles. The fourth-order valence-corrected chi connectivity index (χ4v) is 3.92. The maximum Gasteiger partial charge on any atom is 0.246 e. The normalized spacial score (nSPS) is 23.6. The average Bonchev–Trinajstić information content (AvgIpc) is 3.17. The summed E-state index contributed by atoms with van der Waals surface area (Å²) in [5, 5.41) is 4.10. The van der Waals surface area contributed by atoms with E-state index >= 15 is 0 Å². The van der Waals surface area contributed by atoms with Crippen LogP contribution in [-0.4, -0.2) is 15.9 Å². The molecule has 1 fully saturated rings. The van der Waals surface area contributed by atoms with E-state index in [4.69, 9.17) is 15.0 Å². The van der Waals surface area contributed by atoms with Crippen LogP contribution in [0, 0.1) is 0 Å². The summed E-state index contributed by atoms with van der Waals surface area (Å²) in [5.74, 6) is 2.83. The molecule has 1 aromatic carbocycles. The predicted molar refractivity (Wildman–Crippen MR) is 79.2 cm³/mol. The van der Waals surface area contributed by atoms with E-state index in [2.05, 4.69) is 16.2 Å². The summed E-state index contributed by atoms with van der Waals surface area (Å²) in [5.41, 5.74) is 5.92. The van der Waals surface area contributed by atoms with E-state index in [0.29, 0.717) is 11.7 Å². The predicted octanol–water partition coefficient (Wildman–Crippen LogP) is 3.02. The van der Waals surface area contributed by atoms with Crippen LogP contribution in [-0.2, 0) is 5.54 Å². The van der Waals surface area contributed by atoms with Gasteiger partial charge in [-0.3, -0.25) is 0 Å². The van der Waals surface area contributed by atoms with Crippen LogP contribution in [0.25, 0.3) is 0 Å². The van der Waals surface area contributed by atoms with Crippen LogP contribution in [0.3, 0.4) is 0 Å². The van der Waals surface area contributed by atoms with Gasteiger partial charge in [0.05, 0.1) is 5.54 Å². The van der Waals surface area contributed by atoms with Crippen molar-refractivity contribution in [3.8, 4) is 5.75 Å². The maximum absolute atomic E-state index is 6.36. The Kier molecular flexibility index (Phi) is 3.15. The van der Waals surface area contributed by atoms with E-state index in [-0.39, 0.29) is 6.10 Å². The molecule has 2 aromatic rings. The van der Waals surface area contributed by atoms with Gasteiger partial charge in [0, 0.05) is 10.6 Å². The Morgan fingerprint density at radius 1 is 1.24 bits per heavy atom. The maximum atomic E-state index is 6.36. The van der Waals surface area contributed by atoms with Gasteiger partial charge in [0.2, 0.25) is 11.7 Å². The second-order valence-electron chi connectivity index (χ2n) is 5.69. The van der Waals surface area contributed by atoms with Gasteiger partial charge in [-0.25, -0.2) is 0 Å². The Hall–Kier alpha value is -1.53. The second-order valence-corrected chi connectivity index (χ2v) is 6.75. The fourth-order valence-electron chi connectivity index (χ4n) is 2.93. The van der Waals surface area contributed by atoms with Gasteiger partial charge in [0.1, 0.15) is 5.75 Å². The Morgan fingerprint density at radius 2 is 2.05 bits per heavy atom. The zero-order valence-corrected chi connectivity index (χ0v) is 12.4. The molecule has 0 radical (unpaired) electrons. The van der Waals surface area contributed by atoms with Gasteiger partial charge in [0.25, 0.3) is 0 Å². The third-order valence-corrected chi connectivity index (χ3v) is 5.28. The molecular formula is C15H17N3O2S. The Morgan fingerprint density at radius 3 is 2.90 bits per heavy atom. The molecule has 2 heterocycles. The Labute approximate surface area is 127 Å². The molecule has 2 aliphatic rings. The number of nitrogens with two attached hydrogens (primary N) is 1. The summed E-state index contributed by atoms with van der Waals surface area (Å²) in [6.45, 7) is 0. The van der Waals surface area contributed by atoms with Crippen molar-refractivity contribution in [2.75, 3.05) is 5.75 Å². The van der Waals surface area contributed by atoms with E-state index in [1.165, 1.54) is 0 Å². The molecule has 1 atom stereocenters. The number of hydrogen-bond donors (Lipinski definition) is 1. The molecule has 4 rings (SSSR count). The smallest absolute Gasteiger partial charge is 0.246 e. The fraction of sp³-hybridized carbons (Fsp3) is 0.467. The summed E-state index contributed by atoms with van der Waals surface area (Å²) < 4.78 is 11.4. The number of benzene rings is 1. The highest BCUT2D eigenvalue weighted by atomic mass is 32.2. The van der Waals surface area contributed by atoms with Crippen molar-refractivity contribution in [2.24, 2.45) is 5.73 Å². The van der Waals surface area contributed by atoms with Gasteiger partial charge in [-0.15, -0.1) is 11.8 Å². The first-order valence-electron chi connectivity index (χ1n) is 7.26. The topological polar surface area (TPSA) is 74.2 Å². The average molecular weight is 303 g/mol. The molecule has 6 heteroatoms. The lowest BCUT2D eigenvalue weighted by molar-refractivity contribution is 0.204. The number of hydrogen-bond acceptors (Lipinski definition) is 6. The third kappa shape index (κ3) is 2.32. The Bertz CT molecular complexity index is 652. The molecule has 1 aromatic heterocycles. The minimum absolute atomic E-state index is 0.174. The largest absolute Gasteiger partial charge is 0.480 e. The minimum atomic E-state index is -0.440. The molecule has 5 nitrogen and oxygen atoms in total.